The number of hydrogen-bond donors (Lipinski definition) is 2. The Morgan fingerprint density at radius 3 is 2.73 bits per heavy atom. The van der Waals surface area contributed by atoms with E-state index in [2.05, 4.69) is 15.8 Å². The topological polar surface area (TPSA) is 76.4 Å². The van der Waals surface area contributed by atoms with Gasteiger partial charge in [0.05, 0.1) is 5.69 Å². The molecule has 118 valence electrons. The number of aryl methyl sites for hydroxylation is 2. The molecule has 2 N–H and O–H groups in total. The number of ether oxygens (including phenoxy) is 1. The van der Waals surface area contributed by atoms with E-state index in [0.29, 0.717) is 18.8 Å². The molecule has 2 aromatic rings. The SMILES string of the molecule is CNC(=O)COc1ccccc1CNCc1c(C)noc1C. The molecule has 2 rings (SSSR count). The summed E-state index contributed by atoms with van der Waals surface area (Å²) < 4.78 is 10.7. The van der Waals surface area contributed by atoms with Crippen LogP contribution in [0, 0.1) is 13.8 Å². The number of aromatic nitrogens is 1. The molecule has 0 saturated heterocycles. The van der Waals surface area contributed by atoms with Crippen molar-refractivity contribution >= 4 is 5.91 Å². The normalized spacial score (nSPS) is 10.5. The van der Waals surface area contributed by atoms with Crippen LogP contribution < -0.4 is 15.4 Å². The molecular formula is C16H21N3O3. The molecule has 0 unspecified atom stereocenters. The van der Waals surface area contributed by atoms with Gasteiger partial charge in [0, 0.05) is 31.3 Å². The van der Waals surface area contributed by atoms with E-state index in [1.807, 2.05) is 38.1 Å². The summed E-state index contributed by atoms with van der Waals surface area (Å²) in [5.41, 5.74) is 2.97. The zero-order chi connectivity index (χ0) is 15.9. The number of likely N-dealkylation sites (N-methyl/N-ethyl adjacent to an activating group) is 1. The molecule has 1 aromatic heterocycles. The van der Waals surface area contributed by atoms with Crippen LogP contribution >= 0.6 is 0 Å². The Morgan fingerprint density at radius 1 is 1.27 bits per heavy atom. The van der Waals surface area contributed by atoms with Gasteiger partial charge in [-0.2, -0.15) is 0 Å². The summed E-state index contributed by atoms with van der Waals surface area (Å²) >= 11 is 0. The number of hydrogen-bond acceptors (Lipinski definition) is 5. The van der Waals surface area contributed by atoms with Crippen LogP contribution in [0.25, 0.3) is 0 Å². The maximum Gasteiger partial charge on any atom is 0.257 e. The Morgan fingerprint density at radius 2 is 2.05 bits per heavy atom. The Kier molecular flexibility index (Phi) is 5.55. The number of nitrogens with zero attached hydrogens (tertiary/aromatic N) is 1. The minimum absolute atomic E-state index is 0.0113. The van der Waals surface area contributed by atoms with Gasteiger partial charge in [-0.3, -0.25) is 4.79 Å². The highest BCUT2D eigenvalue weighted by Gasteiger charge is 2.09. The van der Waals surface area contributed by atoms with Crippen molar-refractivity contribution in [1.82, 2.24) is 15.8 Å². The maximum atomic E-state index is 11.3. The van der Waals surface area contributed by atoms with Crippen molar-refractivity contribution in [2.45, 2.75) is 26.9 Å². The third kappa shape index (κ3) is 4.08. The molecule has 0 aliphatic carbocycles. The zero-order valence-electron chi connectivity index (χ0n) is 13.1. The van der Waals surface area contributed by atoms with Gasteiger partial charge in [-0.15, -0.1) is 0 Å². The fourth-order valence-corrected chi connectivity index (χ4v) is 2.08. The van der Waals surface area contributed by atoms with Gasteiger partial charge >= 0.3 is 0 Å². The first-order valence-electron chi connectivity index (χ1n) is 7.15. The third-order valence-corrected chi connectivity index (χ3v) is 3.41. The van der Waals surface area contributed by atoms with Gasteiger partial charge in [0.1, 0.15) is 11.5 Å². The van der Waals surface area contributed by atoms with Crippen LogP contribution in [-0.2, 0) is 17.9 Å². The van der Waals surface area contributed by atoms with Crippen LogP contribution in [0.4, 0.5) is 0 Å². The molecule has 1 amide bonds. The van der Waals surface area contributed by atoms with Crippen molar-refractivity contribution in [1.29, 1.82) is 0 Å². The van der Waals surface area contributed by atoms with E-state index in [-0.39, 0.29) is 12.5 Å². The number of benzene rings is 1. The van der Waals surface area contributed by atoms with Gasteiger partial charge in [0.25, 0.3) is 5.91 Å². The van der Waals surface area contributed by atoms with Crippen molar-refractivity contribution in [3.63, 3.8) is 0 Å². The van der Waals surface area contributed by atoms with Crippen LogP contribution in [0.3, 0.4) is 0 Å². The summed E-state index contributed by atoms with van der Waals surface area (Å²) in [6.07, 6.45) is 0. The van der Waals surface area contributed by atoms with Crippen LogP contribution in [-0.4, -0.2) is 24.7 Å². The van der Waals surface area contributed by atoms with E-state index < -0.39 is 0 Å². The minimum atomic E-state index is -0.154. The Balaban J connectivity index is 1.94. The molecule has 22 heavy (non-hydrogen) atoms. The Hall–Kier alpha value is -2.34. The zero-order valence-corrected chi connectivity index (χ0v) is 13.1. The summed E-state index contributed by atoms with van der Waals surface area (Å²) in [6, 6.07) is 7.66. The predicted octanol–water partition coefficient (Wildman–Crippen LogP) is 1.71. The van der Waals surface area contributed by atoms with E-state index in [0.717, 1.165) is 22.6 Å². The number of carbonyl (C=O) groups excluding carboxylic acids is 1. The quantitative estimate of drug-likeness (QED) is 0.814. The first-order chi connectivity index (χ1) is 10.6. The Bertz CT molecular complexity index is 618. The lowest BCUT2D eigenvalue weighted by molar-refractivity contribution is -0.122. The molecule has 0 atom stereocenters. The van der Waals surface area contributed by atoms with Crippen molar-refractivity contribution in [3.8, 4) is 5.75 Å². The minimum Gasteiger partial charge on any atom is -0.483 e. The second-order valence-electron chi connectivity index (χ2n) is 4.98. The highest BCUT2D eigenvalue weighted by atomic mass is 16.5. The lowest BCUT2D eigenvalue weighted by Gasteiger charge is -2.11. The van der Waals surface area contributed by atoms with Gasteiger partial charge < -0.3 is 19.9 Å². The van der Waals surface area contributed by atoms with Crippen LogP contribution in [0.15, 0.2) is 28.8 Å². The van der Waals surface area contributed by atoms with Crippen molar-refractivity contribution in [2.24, 2.45) is 0 Å². The maximum absolute atomic E-state index is 11.3. The predicted molar refractivity (Wildman–Crippen MR) is 82.5 cm³/mol. The van der Waals surface area contributed by atoms with E-state index >= 15 is 0 Å². The standard InChI is InChI=1S/C16H21N3O3/c1-11-14(12(2)22-19-11)9-18-8-13-6-4-5-7-15(13)21-10-16(20)17-3/h4-7,18H,8-10H2,1-3H3,(H,17,20). The number of amides is 1. The molecule has 0 aliphatic rings. The first-order valence-corrected chi connectivity index (χ1v) is 7.15. The molecular weight excluding hydrogens is 282 g/mol. The van der Waals surface area contributed by atoms with Gasteiger partial charge in [0.2, 0.25) is 0 Å². The molecule has 6 nitrogen and oxygen atoms in total. The summed E-state index contributed by atoms with van der Waals surface area (Å²) in [6.45, 7) is 5.14. The van der Waals surface area contributed by atoms with E-state index in [1.165, 1.54) is 0 Å². The Labute approximate surface area is 129 Å². The molecule has 0 aliphatic heterocycles. The van der Waals surface area contributed by atoms with Gasteiger partial charge in [-0.25, -0.2) is 0 Å². The molecule has 0 bridgehead atoms. The summed E-state index contributed by atoms with van der Waals surface area (Å²) in [4.78, 5) is 11.3. The van der Waals surface area contributed by atoms with Crippen molar-refractivity contribution < 1.29 is 14.1 Å². The average molecular weight is 303 g/mol. The van der Waals surface area contributed by atoms with Gasteiger partial charge in [-0.05, 0) is 19.9 Å². The second kappa shape index (κ2) is 7.61. The van der Waals surface area contributed by atoms with Crippen molar-refractivity contribution in [2.75, 3.05) is 13.7 Å². The number of para-hydroxylation sites is 1. The molecule has 0 saturated carbocycles. The van der Waals surface area contributed by atoms with Gasteiger partial charge in [0.15, 0.2) is 6.61 Å². The largest absolute Gasteiger partial charge is 0.483 e. The van der Waals surface area contributed by atoms with E-state index in [4.69, 9.17) is 9.26 Å². The van der Waals surface area contributed by atoms with Gasteiger partial charge in [-0.1, -0.05) is 23.4 Å². The molecule has 1 aromatic carbocycles. The molecule has 0 radical (unpaired) electrons. The van der Waals surface area contributed by atoms with Crippen molar-refractivity contribution in [3.05, 3.63) is 46.8 Å². The molecule has 0 fully saturated rings. The molecule has 1 heterocycles. The van der Waals surface area contributed by atoms with Crippen LogP contribution in [0.2, 0.25) is 0 Å². The second-order valence-corrected chi connectivity index (χ2v) is 4.98. The highest BCUT2D eigenvalue weighted by Crippen LogP contribution is 2.18. The van der Waals surface area contributed by atoms with Crippen LogP contribution in [0.1, 0.15) is 22.6 Å². The summed E-state index contributed by atoms with van der Waals surface area (Å²) in [7, 11) is 1.59. The summed E-state index contributed by atoms with van der Waals surface area (Å²) in [5.74, 6) is 1.38. The molecule has 0 spiro atoms. The average Bonchev–Trinajstić information content (AvgIpc) is 2.85. The highest BCUT2D eigenvalue weighted by molar-refractivity contribution is 5.77. The number of rotatable bonds is 7. The number of nitrogens with one attached hydrogen (secondary N) is 2. The van der Waals surface area contributed by atoms with E-state index in [1.54, 1.807) is 7.05 Å². The molecule has 6 heteroatoms. The fourth-order valence-electron chi connectivity index (χ4n) is 2.08. The lowest BCUT2D eigenvalue weighted by Crippen LogP contribution is -2.25. The monoisotopic (exact) mass is 303 g/mol. The van der Waals surface area contributed by atoms with Crippen LogP contribution in [0.5, 0.6) is 5.75 Å². The lowest BCUT2D eigenvalue weighted by atomic mass is 10.1. The first kappa shape index (κ1) is 16.0. The fraction of sp³-hybridized carbons (Fsp3) is 0.375. The van der Waals surface area contributed by atoms with E-state index in [9.17, 15) is 4.79 Å². The summed E-state index contributed by atoms with van der Waals surface area (Å²) in [5, 5.41) is 9.81. The smallest absolute Gasteiger partial charge is 0.257 e. The third-order valence-electron chi connectivity index (χ3n) is 3.41. The number of carbonyl (C=O) groups is 1.